The fourth-order valence-corrected chi connectivity index (χ4v) is 6.26. The third-order valence-corrected chi connectivity index (χ3v) is 8.44. The first-order valence-corrected chi connectivity index (χ1v) is 15.6. The van der Waals surface area contributed by atoms with Crippen molar-refractivity contribution in [1.82, 2.24) is 34.9 Å². The van der Waals surface area contributed by atoms with Crippen LogP contribution < -0.4 is 5.73 Å². The highest BCUT2D eigenvalue weighted by Gasteiger charge is 2.26. The molecular weight excluding hydrogens is 753 g/mol. The summed E-state index contributed by atoms with van der Waals surface area (Å²) in [6.07, 6.45) is 0.378. The number of ether oxygens (including phenoxy) is 1. The van der Waals surface area contributed by atoms with Crippen molar-refractivity contribution in [3.05, 3.63) is 80.4 Å². The molecule has 0 bridgehead atoms. The molecule has 1 fully saturated rings. The lowest BCUT2D eigenvalue weighted by Crippen LogP contribution is -2.19. The topological polar surface area (TPSA) is 144 Å². The quantitative estimate of drug-likeness (QED) is 0.0769. The van der Waals surface area contributed by atoms with Crippen LogP contribution in [0.15, 0.2) is 54.9 Å². The third kappa shape index (κ3) is 6.58. The van der Waals surface area contributed by atoms with Crippen molar-refractivity contribution in [2.24, 2.45) is 0 Å². The molecule has 0 amide bonds. The Hall–Kier alpha value is -4.40. The van der Waals surface area contributed by atoms with Gasteiger partial charge in [-0.2, -0.15) is 15.5 Å². The number of nitrogens with two attached hydrogens (primary N) is 1. The molecule has 0 spiro atoms. The van der Waals surface area contributed by atoms with Gasteiger partial charge in [0.25, 0.3) is 12.9 Å². The van der Waals surface area contributed by atoms with Gasteiger partial charge in [0.1, 0.15) is 14.9 Å². The number of anilines is 1. The second-order valence-electron chi connectivity index (χ2n) is 10.4. The second-order valence-corrected chi connectivity index (χ2v) is 11.8. The van der Waals surface area contributed by atoms with E-state index in [9.17, 15) is 17.6 Å². The van der Waals surface area contributed by atoms with E-state index in [0.29, 0.717) is 49.5 Å². The number of benzene rings is 1. The van der Waals surface area contributed by atoms with Crippen LogP contribution in [-0.2, 0) is 4.74 Å². The molecule has 5 aromatic heterocycles. The monoisotopic (exact) mass is 775 g/mol. The number of nitrogen functional groups attached to an aromatic ring is 1. The number of alkyl halides is 4. The van der Waals surface area contributed by atoms with Crippen LogP contribution >= 0.6 is 34.2 Å². The molecular formula is C31H23ClF4IN9O. The Bertz CT molecular complexity index is 2110. The lowest BCUT2D eigenvalue weighted by molar-refractivity contribution is -0.0372. The summed E-state index contributed by atoms with van der Waals surface area (Å²) in [5, 5.41) is 21.0. The van der Waals surface area contributed by atoms with Crippen LogP contribution in [0.1, 0.15) is 55.0 Å². The van der Waals surface area contributed by atoms with Gasteiger partial charge in [0.15, 0.2) is 17.5 Å². The van der Waals surface area contributed by atoms with Crippen molar-refractivity contribution in [3.63, 3.8) is 0 Å². The third-order valence-electron chi connectivity index (χ3n) is 7.49. The standard InChI is InChI=1S/C19H12F2N6.C12H11ClF2IN3O/c20-18(21)13-7-15(10-3-4-14(23)12(6-10)8-22)25-19-16(13)17(26-27-19)11-2-1-5-24-9-11;13-7-5-6(10(14)15)9-11(16)18-19(12(9)17-7)8-3-1-2-4-20-8/h1-7,9,18H,23H2,(H,25,26,27);5,8,10H,1-4H2. The fraction of sp³-hybridized carbons (Fsp3) is 0.226. The summed E-state index contributed by atoms with van der Waals surface area (Å²) in [5.74, 6) is 0. The molecule has 6 aromatic rings. The van der Waals surface area contributed by atoms with Gasteiger partial charge >= 0.3 is 0 Å². The van der Waals surface area contributed by atoms with Gasteiger partial charge in [-0.1, -0.05) is 17.7 Å². The molecule has 16 heteroatoms. The van der Waals surface area contributed by atoms with Gasteiger partial charge in [-0.3, -0.25) is 10.1 Å². The molecule has 240 valence electrons. The van der Waals surface area contributed by atoms with Crippen LogP contribution in [0.5, 0.6) is 0 Å². The minimum absolute atomic E-state index is 0.0427. The smallest absolute Gasteiger partial charge is 0.264 e. The predicted octanol–water partition coefficient (Wildman–Crippen LogP) is 8.40. The molecule has 47 heavy (non-hydrogen) atoms. The summed E-state index contributed by atoms with van der Waals surface area (Å²) < 4.78 is 61.7. The Kier molecular flexibility index (Phi) is 9.52. The number of nitriles is 1. The van der Waals surface area contributed by atoms with Crippen LogP contribution in [0.25, 0.3) is 44.6 Å². The highest BCUT2D eigenvalue weighted by molar-refractivity contribution is 14.1. The molecule has 10 nitrogen and oxygen atoms in total. The number of hydrogen-bond donors (Lipinski definition) is 2. The Balaban J connectivity index is 0.000000172. The van der Waals surface area contributed by atoms with Gasteiger partial charge in [-0.25, -0.2) is 32.2 Å². The SMILES string of the molecule is FC(F)c1cc(Cl)nc2c1c(I)nn2C1CCCCO1.N#Cc1cc(-c2cc(C(F)F)c3c(-c4cccnc4)[nH]nc3n2)ccc1N. The molecule has 0 saturated carbocycles. The van der Waals surface area contributed by atoms with Crippen LogP contribution in [0, 0.1) is 15.0 Å². The van der Waals surface area contributed by atoms with Crippen LogP contribution in [0.2, 0.25) is 5.15 Å². The normalized spacial score (nSPS) is 14.8. The minimum Gasteiger partial charge on any atom is -0.398 e. The summed E-state index contributed by atoms with van der Waals surface area (Å²) in [4.78, 5) is 12.6. The molecule has 1 aliphatic rings. The van der Waals surface area contributed by atoms with Crippen LogP contribution in [0.4, 0.5) is 23.2 Å². The highest BCUT2D eigenvalue weighted by atomic mass is 127. The number of rotatable bonds is 5. The summed E-state index contributed by atoms with van der Waals surface area (Å²) in [5.41, 5.74) is 8.37. The molecule has 1 unspecified atom stereocenters. The zero-order valence-electron chi connectivity index (χ0n) is 24.1. The predicted molar refractivity (Wildman–Crippen MR) is 176 cm³/mol. The maximum absolute atomic E-state index is 13.8. The van der Waals surface area contributed by atoms with E-state index in [2.05, 4.69) is 30.2 Å². The Morgan fingerprint density at radius 1 is 1.04 bits per heavy atom. The van der Waals surface area contributed by atoms with Crippen LogP contribution in [0.3, 0.4) is 0 Å². The van der Waals surface area contributed by atoms with Crippen molar-refractivity contribution >= 4 is 61.9 Å². The summed E-state index contributed by atoms with van der Waals surface area (Å²) in [6.45, 7) is 0.644. The lowest BCUT2D eigenvalue weighted by Gasteiger charge is -2.23. The molecule has 1 aliphatic heterocycles. The van der Waals surface area contributed by atoms with Crippen LogP contribution in [-0.4, -0.2) is 41.5 Å². The first-order valence-electron chi connectivity index (χ1n) is 14.2. The first-order chi connectivity index (χ1) is 22.7. The molecule has 6 heterocycles. The number of aromatic nitrogens is 7. The maximum atomic E-state index is 13.8. The van der Waals surface area contributed by atoms with Gasteiger partial charge in [0, 0.05) is 46.9 Å². The molecule has 7 rings (SSSR count). The number of aromatic amines is 1. The summed E-state index contributed by atoms with van der Waals surface area (Å²) in [7, 11) is 0. The van der Waals surface area contributed by atoms with Crippen molar-refractivity contribution in [2.45, 2.75) is 38.3 Å². The van der Waals surface area contributed by atoms with Gasteiger partial charge in [0.05, 0.1) is 27.7 Å². The van der Waals surface area contributed by atoms with Gasteiger partial charge < -0.3 is 10.5 Å². The summed E-state index contributed by atoms with van der Waals surface area (Å²) >= 11 is 7.80. The fourth-order valence-electron chi connectivity index (χ4n) is 5.28. The van der Waals surface area contributed by atoms with Gasteiger partial charge in [-0.05, 0) is 78.3 Å². The van der Waals surface area contributed by atoms with Crippen molar-refractivity contribution in [1.29, 1.82) is 5.26 Å². The van der Waals surface area contributed by atoms with E-state index in [1.165, 1.54) is 18.2 Å². The number of pyridine rings is 3. The average Bonchev–Trinajstić information content (AvgIpc) is 3.66. The van der Waals surface area contributed by atoms with E-state index in [1.54, 1.807) is 41.3 Å². The maximum Gasteiger partial charge on any atom is 0.264 e. The Labute approximate surface area is 283 Å². The van der Waals surface area contributed by atoms with E-state index < -0.39 is 12.9 Å². The molecule has 3 N–H and O–H groups in total. The molecule has 0 aliphatic carbocycles. The van der Waals surface area contributed by atoms with Crippen molar-refractivity contribution in [2.75, 3.05) is 12.3 Å². The van der Waals surface area contributed by atoms with Crippen molar-refractivity contribution in [3.8, 4) is 28.6 Å². The lowest BCUT2D eigenvalue weighted by atomic mass is 10.0. The van der Waals surface area contributed by atoms with E-state index in [1.807, 2.05) is 28.7 Å². The largest absolute Gasteiger partial charge is 0.398 e. The van der Waals surface area contributed by atoms with Crippen molar-refractivity contribution < 1.29 is 22.3 Å². The van der Waals surface area contributed by atoms with Gasteiger partial charge in [0.2, 0.25) is 0 Å². The second kappa shape index (κ2) is 13.8. The number of halogens is 6. The zero-order valence-corrected chi connectivity index (χ0v) is 27.1. The molecule has 1 aromatic carbocycles. The van der Waals surface area contributed by atoms with E-state index in [-0.39, 0.29) is 39.1 Å². The molecule has 1 atom stereocenters. The van der Waals surface area contributed by atoms with E-state index in [4.69, 9.17) is 27.3 Å². The number of nitrogens with one attached hydrogen (secondary N) is 1. The summed E-state index contributed by atoms with van der Waals surface area (Å²) in [6, 6.07) is 12.7. The van der Waals surface area contributed by atoms with Gasteiger partial charge in [-0.15, -0.1) is 0 Å². The minimum atomic E-state index is -2.73. The molecule has 0 radical (unpaired) electrons. The number of fused-ring (bicyclic) bond motifs is 2. The number of H-pyrrole nitrogens is 1. The van der Waals surface area contributed by atoms with E-state index >= 15 is 0 Å². The first kappa shape index (κ1) is 32.5. The highest BCUT2D eigenvalue weighted by Crippen LogP contribution is 2.37. The Morgan fingerprint density at radius 3 is 2.51 bits per heavy atom. The molecule has 1 saturated heterocycles. The zero-order chi connectivity index (χ0) is 33.2. The number of nitrogens with zero attached hydrogens (tertiary/aromatic N) is 7. The van der Waals surface area contributed by atoms with E-state index in [0.717, 1.165) is 19.3 Å². The number of hydrogen-bond acceptors (Lipinski definition) is 8. The average molecular weight is 776 g/mol. The Morgan fingerprint density at radius 2 is 1.83 bits per heavy atom.